The first-order valence-corrected chi connectivity index (χ1v) is 7.44. The summed E-state index contributed by atoms with van der Waals surface area (Å²) in [6.07, 6.45) is 0. The smallest absolute Gasteiger partial charge is 0.127 e. The molecule has 2 aromatic carbocycles. The van der Waals surface area contributed by atoms with Gasteiger partial charge in [0.2, 0.25) is 0 Å². The first-order valence-electron chi connectivity index (χ1n) is 6.08. The maximum absolute atomic E-state index is 13.4. The van der Waals surface area contributed by atoms with Crippen LogP contribution < -0.4 is 5.32 Å². The second-order valence-electron chi connectivity index (χ2n) is 4.07. The van der Waals surface area contributed by atoms with Crippen molar-refractivity contribution >= 4 is 23.4 Å². The first kappa shape index (κ1) is 14.4. The summed E-state index contributed by atoms with van der Waals surface area (Å²) in [4.78, 5) is 1.25. The van der Waals surface area contributed by atoms with E-state index in [0.29, 0.717) is 17.1 Å². The molecule has 0 atom stereocenters. The van der Waals surface area contributed by atoms with Crippen LogP contribution in [0.25, 0.3) is 0 Å². The van der Waals surface area contributed by atoms with Crippen molar-refractivity contribution in [2.24, 2.45) is 0 Å². The van der Waals surface area contributed by atoms with Gasteiger partial charge in [-0.3, -0.25) is 0 Å². The van der Waals surface area contributed by atoms with Gasteiger partial charge in [0.15, 0.2) is 0 Å². The molecule has 0 unspecified atom stereocenters. The molecule has 0 aromatic heterocycles. The SMILES string of the molecule is Fc1ccc(Cl)cc1CNCCSc1ccccc1. The summed E-state index contributed by atoms with van der Waals surface area (Å²) >= 11 is 7.62. The summed E-state index contributed by atoms with van der Waals surface area (Å²) in [5.41, 5.74) is 0.609. The Kier molecular flexibility index (Phi) is 5.70. The van der Waals surface area contributed by atoms with E-state index < -0.39 is 0 Å². The largest absolute Gasteiger partial charge is 0.312 e. The van der Waals surface area contributed by atoms with Gasteiger partial charge in [-0.2, -0.15) is 0 Å². The van der Waals surface area contributed by atoms with Crippen LogP contribution in [0, 0.1) is 5.82 Å². The van der Waals surface area contributed by atoms with Gasteiger partial charge in [-0.05, 0) is 30.3 Å². The molecule has 2 aromatic rings. The van der Waals surface area contributed by atoms with Crippen molar-refractivity contribution in [1.29, 1.82) is 0 Å². The van der Waals surface area contributed by atoms with Gasteiger partial charge in [0.1, 0.15) is 5.82 Å². The molecule has 0 aliphatic heterocycles. The Morgan fingerprint density at radius 2 is 1.89 bits per heavy atom. The van der Waals surface area contributed by atoms with Crippen LogP contribution in [0.4, 0.5) is 4.39 Å². The second-order valence-corrected chi connectivity index (χ2v) is 5.68. The van der Waals surface area contributed by atoms with E-state index in [9.17, 15) is 4.39 Å². The lowest BCUT2D eigenvalue weighted by Gasteiger charge is -2.06. The fourth-order valence-corrected chi connectivity index (χ4v) is 2.69. The molecule has 1 N–H and O–H groups in total. The number of halogens is 2. The quantitative estimate of drug-likeness (QED) is 0.628. The minimum absolute atomic E-state index is 0.215. The van der Waals surface area contributed by atoms with Crippen molar-refractivity contribution in [3.8, 4) is 0 Å². The number of benzene rings is 2. The van der Waals surface area contributed by atoms with Crippen LogP contribution in [0.1, 0.15) is 5.56 Å². The van der Waals surface area contributed by atoms with Crippen LogP contribution in [0.5, 0.6) is 0 Å². The van der Waals surface area contributed by atoms with Gasteiger partial charge in [-0.25, -0.2) is 4.39 Å². The number of thioether (sulfide) groups is 1. The molecular formula is C15H15ClFNS. The molecule has 0 fully saturated rings. The molecule has 0 heterocycles. The number of rotatable bonds is 6. The normalized spacial score (nSPS) is 10.6. The minimum atomic E-state index is -0.215. The van der Waals surface area contributed by atoms with E-state index in [0.717, 1.165) is 12.3 Å². The zero-order valence-electron chi connectivity index (χ0n) is 10.4. The summed E-state index contributed by atoms with van der Waals surface area (Å²) < 4.78 is 13.4. The lowest BCUT2D eigenvalue weighted by atomic mass is 10.2. The predicted molar refractivity (Wildman–Crippen MR) is 80.3 cm³/mol. The van der Waals surface area contributed by atoms with E-state index >= 15 is 0 Å². The fourth-order valence-electron chi connectivity index (χ4n) is 1.66. The van der Waals surface area contributed by atoms with E-state index in [1.165, 1.54) is 11.0 Å². The topological polar surface area (TPSA) is 12.0 Å². The molecule has 19 heavy (non-hydrogen) atoms. The molecule has 0 bridgehead atoms. The van der Waals surface area contributed by atoms with Crippen LogP contribution >= 0.6 is 23.4 Å². The van der Waals surface area contributed by atoms with Gasteiger partial charge in [0.25, 0.3) is 0 Å². The summed E-state index contributed by atoms with van der Waals surface area (Å²) in [7, 11) is 0. The van der Waals surface area contributed by atoms with Crippen molar-refractivity contribution in [2.75, 3.05) is 12.3 Å². The van der Waals surface area contributed by atoms with Crippen LogP contribution in [-0.4, -0.2) is 12.3 Å². The highest BCUT2D eigenvalue weighted by Crippen LogP contribution is 2.16. The van der Waals surface area contributed by atoms with Crippen molar-refractivity contribution in [2.45, 2.75) is 11.4 Å². The van der Waals surface area contributed by atoms with E-state index in [-0.39, 0.29) is 5.82 Å². The Balaban J connectivity index is 1.71. The molecular weight excluding hydrogens is 281 g/mol. The zero-order valence-corrected chi connectivity index (χ0v) is 12.0. The first-order chi connectivity index (χ1) is 9.25. The van der Waals surface area contributed by atoms with Crippen LogP contribution in [0.2, 0.25) is 5.02 Å². The molecule has 0 radical (unpaired) electrons. The molecule has 0 aliphatic carbocycles. The van der Waals surface area contributed by atoms with Crippen molar-refractivity contribution < 1.29 is 4.39 Å². The van der Waals surface area contributed by atoms with Gasteiger partial charge in [0.05, 0.1) is 0 Å². The third-order valence-electron chi connectivity index (χ3n) is 2.61. The predicted octanol–water partition coefficient (Wildman–Crippen LogP) is 4.36. The van der Waals surface area contributed by atoms with Crippen LogP contribution in [0.15, 0.2) is 53.4 Å². The van der Waals surface area contributed by atoms with E-state index in [1.54, 1.807) is 23.9 Å². The van der Waals surface area contributed by atoms with Gasteiger partial charge < -0.3 is 5.32 Å². The Hall–Kier alpha value is -1.03. The van der Waals surface area contributed by atoms with E-state index in [1.807, 2.05) is 18.2 Å². The van der Waals surface area contributed by atoms with Crippen molar-refractivity contribution in [3.63, 3.8) is 0 Å². The Morgan fingerprint density at radius 3 is 2.68 bits per heavy atom. The van der Waals surface area contributed by atoms with Crippen molar-refractivity contribution in [3.05, 3.63) is 64.9 Å². The molecule has 0 saturated heterocycles. The van der Waals surface area contributed by atoms with Crippen LogP contribution in [0.3, 0.4) is 0 Å². The third-order valence-corrected chi connectivity index (χ3v) is 3.86. The highest BCUT2D eigenvalue weighted by Gasteiger charge is 2.02. The third kappa shape index (κ3) is 4.86. The van der Waals surface area contributed by atoms with E-state index in [4.69, 9.17) is 11.6 Å². The van der Waals surface area contributed by atoms with Crippen LogP contribution in [-0.2, 0) is 6.54 Å². The maximum atomic E-state index is 13.4. The molecule has 4 heteroatoms. The lowest BCUT2D eigenvalue weighted by Crippen LogP contribution is -2.17. The average Bonchev–Trinajstić information content (AvgIpc) is 2.43. The zero-order chi connectivity index (χ0) is 13.5. The highest BCUT2D eigenvalue weighted by atomic mass is 35.5. The monoisotopic (exact) mass is 295 g/mol. The number of hydrogen-bond acceptors (Lipinski definition) is 2. The Labute approximate surface area is 122 Å². The summed E-state index contributed by atoms with van der Waals surface area (Å²) in [5, 5.41) is 3.79. The fraction of sp³-hybridized carbons (Fsp3) is 0.200. The maximum Gasteiger partial charge on any atom is 0.127 e. The van der Waals surface area contributed by atoms with Crippen molar-refractivity contribution in [1.82, 2.24) is 5.32 Å². The van der Waals surface area contributed by atoms with Gasteiger partial charge in [-0.15, -0.1) is 11.8 Å². The number of nitrogens with one attached hydrogen (secondary N) is 1. The molecule has 0 aliphatic rings. The Bertz CT molecular complexity index is 519. The summed E-state index contributed by atoms with van der Waals surface area (Å²) in [6, 6.07) is 14.8. The lowest BCUT2D eigenvalue weighted by molar-refractivity contribution is 0.594. The minimum Gasteiger partial charge on any atom is -0.312 e. The van der Waals surface area contributed by atoms with Gasteiger partial charge in [0, 0.05) is 34.3 Å². The molecule has 1 nitrogen and oxygen atoms in total. The second kappa shape index (κ2) is 7.53. The average molecular weight is 296 g/mol. The van der Waals surface area contributed by atoms with Gasteiger partial charge >= 0.3 is 0 Å². The molecule has 0 saturated carbocycles. The van der Waals surface area contributed by atoms with E-state index in [2.05, 4.69) is 17.4 Å². The Morgan fingerprint density at radius 1 is 1.11 bits per heavy atom. The highest BCUT2D eigenvalue weighted by molar-refractivity contribution is 7.99. The molecule has 0 spiro atoms. The summed E-state index contributed by atoms with van der Waals surface area (Å²) in [5.74, 6) is 0.735. The standard InChI is InChI=1S/C15H15ClFNS/c16-13-6-7-15(17)12(10-13)11-18-8-9-19-14-4-2-1-3-5-14/h1-7,10,18H,8-9,11H2. The van der Waals surface area contributed by atoms with Gasteiger partial charge in [-0.1, -0.05) is 29.8 Å². The molecule has 2 rings (SSSR count). The molecule has 100 valence electrons. The summed E-state index contributed by atoms with van der Waals surface area (Å²) in [6.45, 7) is 1.33. The molecule has 0 amide bonds. The number of hydrogen-bond donors (Lipinski definition) is 1.